The van der Waals surface area contributed by atoms with Crippen molar-refractivity contribution in [2.45, 2.75) is 26.7 Å². The van der Waals surface area contributed by atoms with E-state index >= 15 is 0 Å². The van der Waals surface area contributed by atoms with Crippen molar-refractivity contribution in [3.05, 3.63) is 29.3 Å². The Morgan fingerprint density at radius 2 is 2.14 bits per heavy atom. The van der Waals surface area contributed by atoms with Crippen LogP contribution < -0.4 is 10.6 Å². The summed E-state index contributed by atoms with van der Waals surface area (Å²) in [6, 6.07) is 6.89. The number of hydrogen-bond acceptors (Lipinski definition) is 3. The lowest BCUT2D eigenvalue weighted by Gasteiger charge is -2.13. The van der Waals surface area contributed by atoms with Gasteiger partial charge < -0.3 is 15.7 Å². The second-order valence-electron chi connectivity index (χ2n) is 4.98. The van der Waals surface area contributed by atoms with Crippen molar-refractivity contribution in [1.82, 2.24) is 5.32 Å². The van der Waals surface area contributed by atoms with Crippen molar-refractivity contribution >= 4 is 17.7 Å². The highest BCUT2D eigenvalue weighted by Gasteiger charge is 2.10. The number of hydrogen-bond donors (Lipinski definition) is 3. The smallest absolute Gasteiger partial charge is 0.319 e. The number of aryl methyl sites for hydroxylation is 1. The zero-order chi connectivity index (χ0) is 15.8. The zero-order valence-corrected chi connectivity index (χ0v) is 12.1. The first-order valence-electron chi connectivity index (χ1n) is 6.70. The Labute approximate surface area is 123 Å². The average molecular weight is 289 g/mol. The minimum absolute atomic E-state index is 0.0693. The van der Waals surface area contributed by atoms with Crippen LogP contribution in [0, 0.1) is 24.2 Å². The van der Waals surface area contributed by atoms with E-state index in [1.165, 1.54) is 0 Å². The van der Waals surface area contributed by atoms with Crippen LogP contribution in [0.4, 0.5) is 10.5 Å². The quantitative estimate of drug-likeness (QED) is 0.748. The van der Waals surface area contributed by atoms with Crippen molar-refractivity contribution in [1.29, 1.82) is 5.26 Å². The van der Waals surface area contributed by atoms with Crippen molar-refractivity contribution in [3.8, 4) is 6.07 Å². The van der Waals surface area contributed by atoms with Gasteiger partial charge in [0.2, 0.25) is 0 Å². The molecule has 0 aromatic heterocycles. The Balaban J connectivity index is 2.50. The molecule has 1 aromatic carbocycles. The van der Waals surface area contributed by atoms with Gasteiger partial charge in [0.05, 0.1) is 11.3 Å². The van der Waals surface area contributed by atoms with Crippen LogP contribution in [0.15, 0.2) is 18.2 Å². The van der Waals surface area contributed by atoms with Crippen LogP contribution in [0.3, 0.4) is 0 Å². The molecule has 21 heavy (non-hydrogen) atoms. The van der Waals surface area contributed by atoms with Crippen LogP contribution in [-0.2, 0) is 4.79 Å². The van der Waals surface area contributed by atoms with Crippen LogP contribution in [0.2, 0.25) is 0 Å². The fourth-order valence-electron chi connectivity index (χ4n) is 1.83. The van der Waals surface area contributed by atoms with Crippen molar-refractivity contribution in [2.75, 3.05) is 11.9 Å². The summed E-state index contributed by atoms with van der Waals surface area (Å²) in [5.41, 5.74) is 1.70. The second-order valence-corrected chi connectivity index (χ2v) is 4.98. The molecule has 3 N–H and O–H groups in total. The second kappa shape index (κ2) is 7.90. The SMILES string of the molecule is Cc1cccc(NC(=O)NCC(C)CCC(=O)O)c1C#N. The standard InChI is InChI=1S/C15H19N3O3/c1-10(6-7-14(19)20)9-17-15(21)18-13-5-3-4-11(2)12(13)8-16/h3-5,10H,6-7,9H2,1-2H3,(H,19,20)(H2,17,18,21). The molecular formula is C15H19N3O3. The predicted octanol–water partition coefficient (Wildman–Crippen LogP) is 2.49. The van der Waals surface area contributed by atoms with Crippen molar-refractivity contribution < 1.29 is 14.7 Å². The summed E-state index contributed by atoms with van der Waals surface area (Å²) in [6.07, 6.45) is 0.588. The van der Waals surface area contributed by atoms with Crippen LogP contribution in [0.25, 0.3) is 0 Å². The van der Waals surface area contributed by atoms with Gasteiger partial charge in [-0.3, -0.25) is 4.79 Å². The highest BCUT2D eigenvalue weighted by atomic mass is 16.4. The van der Waals surface area contributed by atoms with E-state index in [0.717, 1.165) is 5.56 Å². The third-order valence-corrected chi connectivity index (χ3v) is 3.09. The number of carboxylic acids is 1. The number of amides is 2. The summed E-state index contributed by atoms with van der Waals surface area (Å²) >= 11 is 0. The topological polar surface area (TPSA) is 102 Å². The van der Waals surface area contributed by atoms with E-state index in [2.05, 4.69) is 16.7 Å². The number of carboxylic acid groups (broad SMARTS) is 1. The van der Waals surface area contributed by atoms with E-state index < -0.39 is 12.0 Å². The molecule has 6 nitrogen and oxygen atoms in total. The number of nitriles is 1. The molecule has 0 saturated heterocycles. The molecule has 0 heterocycles. The van der Waals surface area contributed by atoms with E-state index in [0.29, 0.717) is 24.2 Å². The van der Waals surface area contributed by atoms with Crippen LogP contribution in [0.5, 0.6) is 0 Å². The number of urea groups is 1. The summed E-state index contributed by atoms with van der Waals surface area (Å²) in [7, 11) is 0. The molecule has 2 amide bonds. The average Bonchev–Trinajstić information content (AvgIpc) is 2.43. The molecule has 1 aromatic rings. The number of benzene rings is 1. The fraction of sp³-hybridized carbons (Fsp3) is 0.400. The summed E-state index contributed by atoms with van der Waals surface area (Å²) in [4.78, 5) is 22.2. The van der Waals surface area contributed by atoms with Gasteiger partial charge in [-0.15, -0.1) is 0 Å². The van der Waals surface area contributed by atoms with Crippen molar-refractivity contribution in [3.63, 3.8) is 0 Å². The summed E-state index contributed by atoms with van der Waals surface area (Å²) in [6.45, 7) is 4.05. The van der Waals surface area contributed by atoms with E-state index in [-0.39, 0.29) is 12.3 Å². The van der Waals surface area contributed by atoms with Gasteiger partial charge in [-0.25, -0.2) is 4.79 Å². The number of carbonyl (C=O) groups excluding carboxylic acids is 1. The van der Waals surface area contributed by atoms with Crippen molar-refractivity contribution in [2.24, 2.45) is 5.92 Å². The largest absolute Gasteiger partial charge is 0.481 e. The molecule has 0 aliphatic heterocycles. The van der Waals surface area contributed by atoms with Crippen LogP contribution in [0.1, 0.15) is 30.9 Å². The Kier molecular flexibility index (Phi) is 6.21. The summed E-state index contributed by atoms with van der Waals surface area (Å²) in [5, 5.41) is 23.0. The molecule has 1 unspecified atom stereocenters. The molecule has 0 bridgehead atoms. The Morgan fingerprint density at radius 3 is 2.76 bits per heavy atom. The third-order valence-electron chi connectivity index (χ3n) is 3.09. The third kappa shape index (κ3) is 5.53. The number of anilines is 1. The lowest BCUT2D eigenvalue weighted by atomic mass is 10.1. The zero-order valence-electron chi connectivity index (χ0n) is 12.1. The van der Waals surface area contributed by atoms with Gasteiger partial charge in [0, 0.05) is 13.0 Å². The van der Waals surface area contributed by atoms with Gasteiger partial charge in [-0.1, -0.05) is 19.1 Å². The van der Waals surface area contributed by atoms with Gasteiger partial charge in [0.25, 0.3) is 0 Å². The molecule has 112 valence electrons. The molecule has 0 saturated carbocycles. The molecular weight excluding hydrogens is 270 g/mol. The minimum atomic E-state index is -0.843. The monoisotopic (exact) mass is 289 g/mol. The Bertz CT molecular complexity index is 564. The fourth-order valence-corrected chi connectivity index (χ4v) is 1.83. The maximum absolute atomic E-state index is 11.8. The molecule has 0 aliphatic carbocycles. The number of nitrogens with zero attached hydrogens (tertiary/aromatic N) is 1. The Hall–Kier alpha value is -2.55. The number of aliphatic carboxylic acids is 1. The van der Waals surface area contributed by atoms with Gasteiger partial charge in [0.15, 0.2) is 0 Å². The first-order valence-corrected chi connectivity index (χ1v) is 6.70. The minimum Gasteiger partial charge on any atom is -0.481 e. The lowest BCUT2D eigenvalue weighted by molar-refractivity contribution is -0.137. The van der Waals surface area contributed by atoms with Crippen LogP contribution >= 0.6 is 0 Å². The summed E-state index contributed by atoms with van der Waals surface area (Å²) < 4.78 is 0. The molecule has 1 atom stereocenters. The van der Waals surface area contributed by atoms with E-state index in [4.69, 9.17) is 10.4 Å². The maximum Gasteiger partial charge on any atom is 0.319 e. The molecule has 0 aliphatic rings. The first kappa shape index (κ1) is 16.5. The van der Waals surface area contributed by atoms with Gasteiger partial charge >= 0.3 is 12.0 Å². The van der Waals surface area contributed by atoms with E-state index in [1.807, 2.05) is 6.92 Å². The molecule has 6 heteroatoms. The summed E-state index contributed by atoms with van der Waals surface area (Å²) in [5.74, 6) is -0.774. The Morgan fingerprint density at radius 1 is 1.43 bits per heavy atom. The van der Waals surface area contributed by atoms with E-state index in [1.54, 1.807) is 25.1 Å². The number of rotatable bonds is 6. The van der Waals surface area contributed by atoms with Gasteiger partial charge in [0.1, 0.15) is 6.07 Å². The molecule has 0 fully saturated rings. The van der Waals surface area contributed by atoms with Gasteiger partial charge in [-0.05, 0) is 30.9 Å². The number of carbonyl (C=O) groups is 2. The van der Waals surface area contributed by atoms with Gasteiger partial charge in [-0.2, -0.15) is 5.26 Å². The van der Waals surface area contributed by atoms with E-state index in [9.17, 15) is 9.59 Å². The molecule has 0 radical (unpaired) electrons. The normalized spacial score (nSPS) is 11.3. The lowest BCUT2D eigenvalue weighted by Crippen LogP contribution is -2.32. The highest BCUT2D eigenvalue weighted by Crippen LogP contribution is 2.18. The van der Waals surface area contributed by atoms with Crippen LogP contribution in [-0.4, -0.2) is 23.7 Å². The number of nitrogens with one attached hydrogen (secondary N) is 2. The predicted molar refractivity (Wildman–Crippen MR) is 78.9 cm³/mol. The first-order chi connectivity index (χ1) is 9.93. The molecule has 0 spiro atoms. The molecule has 1 rings (SSSR count). The highest BCUT2D eigenvalue weighted by molar-refractivity contribution is 5.91. The maximum atomic E-state index is 11.8.